The van der Waals surface area contributed by atoms with Crippen molar-refractivity contribution < 1.29 is 17.9 Å². The van der Waals surface area contributed by atoms with Crippen LogP contribution in [0.1, 0.15) is 35.5 Å². The number of hydrogen-bond donors (Lipinski definition) is 3. The molecule has 1 fully saturated rings. The predicted octanol–water partition coefficient (Wildman–Crippen LogP) is 4.59. The lowest BCUT2D eigenvalue weighted by Crippen LogP contribution is -2.35. The second-order valence-corrected chi connectivity index (χ2v) is 8.54. The minimum atomic E-state index is -4.47. The van der Waals surface area contributed by atoms with Crippen molar-refractivity contribution in [3.8, 4) is 0 Å². The van der Waals surface area contributed by atoms with Gasteiger partial charge in [0.05, 0.1) is 30.3 Å². The highest BCUT2D eigenvalue weighted by atomic mass is 19.4. The second-order valence-electron chi connectivity index (χ2n) is 8.54. The van der Waals surface area contributed by atoms with Crippen molar-refractivity contribution in [3.05, 3.63) is 52.8 Å². The maximum atomic E-state index is 13.3. The first-order valence-corrected chi connectivity index (χ1v) is 11.2. The number of alkyl halides is 3. The number of anilines is 3. The Labute approximate surface area is 196 Å². The van der Waals surface area contributed by atoms with Crippen molar-refractivity contribution in [2.24, 2.45) is 0 Å². The third kappa shape index (κ3) is 5.34. The van der Waals surface area contributed by atoms with Crippen LogP contribution in [-0.4, -0.2) is 48.2 Å². The lowest BCUT2D eigenvalue weighted by Gasteiger charge is -2.27. The van der Waals surface area contributed by atoms with Crippen LogP contribution < -0.4 is 16.4 Å². The summed E-state index contributed by atoms with van der Waals surface area (Å²) in [5, 5.41) is 7.31. The molecule has 4 rings (SSSR count). The molecular weight excluding hydrogens is 445 g/mol. The Morgan fingerprint density at radius 3 is 2.53 bits per heavy atom. The number of nitrogens with two attached hydrogens (primary N) is 1. The monoisotopic (exact) mass is 474 g/mol. The van der Waals surface area contributed by atoms with Gasteiger partial charge in [0.25, 0.3) is 0 Å². The van der Waals surface area contributed by atoms with Gasteiger partial charge in [-0.2, -0.15) is 13.2 Å². The van der Waals surface area contributed by atoms with Gasteiger partial charge >= 0.3 is 6.18 Å². The molecule has 1 atom stereocenters. The zero-order chi connectivity index (χ0) is 24.5. The summed E-state index contributed by atoms with van der Waals surface area (Å²) in [7, 11) is 1.86. The first-order chi connectivity index (χ1) is 16.1. The van der Waals surface area contributed by atoms with Crippen molar-refractivity contribution >= 4 is 28.1 Å². The van der Waals surface area contributed by atoms with E-state index in [1.165, 1.54) is 0 Å². The molecule has 1 aliphatic heterocycles. The molecule has 0 unspecified atom stereocenters. The van der Waals surface area contributed by atoms with Gasteiger partial charge in [-0.25, -0.2) is 9.97 Å². The van der Waals surface area contributed by atoms with Gasteiger partial charge in [-0.15, -0.1) is 0 Å². The van der Waals surface area contributed by atoms with E-state index in [1.54, 1.807) is 19.9 Å². The molecule has 10 heteroatoms. The number of fused-ring (bicyclic) bond motifs is 1. The van der Waals surface area contributed by atoms with Gasteiger partial charge < -0.3 is 21.1 Å². The van der Waals surface area contributed by atoms with Crippen LogP contribution >= 0.6 is 0 Å². The molecule has 2 heterocycles. The number of nitrogens with one attached hydrogen (secondary N) is 2. The Morgan fingerprint density at radius 1 is 1.12 bits per heavy atom. The van der Waals surface area contributed by atoms with Crippen LogP contribution in [0.2, 0.25) is 0 Å². The zero-order valence-electron chi connectivity index (χ0n) is 19.5. The normalized spacial score (nSPS) is 15.9. The van der Waals surface area contributed by atoms with Gasteiger partial charge in [0.15, 0.2) is 0 Å². The van der Waals surface area contributed by atoms with Crippen LogP contribution in [-0.2, 0) is 17.5 Å². The summed E-state index contributed by atoms with van der Waals surface area (Å²) in [6, 6.07) is 7.17. The van der Waals surface area contributed by atoms with Gasteiger partial charge in [0, 0.05) is 43.4 Å². The number of ether oxygens (including phenoxy) is 1. The number of morpholine rings is 1. The Kier molecular flexibility index (Phi) is 6.81. The molecule has 0 spiro atoms. The molecule has 0 bridgehead atoms. The summed E-state index contributed by atoms with van der Waals surface area (Å²) in [6.07, 6.45) is -4.47. The smallest absolute Gasteiger partial charge is 0.399 e. The molecular formula is C24H29F3N6O. The lowest BCUT2D eigenvalue weighted by molar-refractivity contribution is -0.137. The lowest BCUT2D eigenvalue weighted by atomic mass is 10.0. The number of nitrogens with zero attached hydrogens (tertiary/aromatic N) is 3. The summed E-state index contributed by atoms with van der Waals surface area (Å²) < 4.78 is 45.3. The molecule has 182 valence electrons. The number of benzene rings is 2. The van der Waals surface area contributed by atoms with E-state index in [-0.39, 0.29) is 5.69 Å². The van der Waals surface area contributed by atoms with Crippen LogP contribution in [0.3, 0.4) is 0 Å². The molecule has 0 amide bonds. The molecule has 7 nitrogen and oxygen atoms in total. The third-order valence-corrected chi connectivity index (χ3v) is 5.96. The van der Waals surface area contributed by atoms with Crippen LogP contribution in [0, 0.1) is 6.92 Å². The number of halogens is 3. The van der Waals surface area contributed by atoms with Gasteiger partial charge in [-0.1, -0.05) is 0 Å². The average Bonchev–Trinajstić information content (AvgIpc) is 2.78. The largest absolute Gasteiger partial charge is 0.416 e. The zero-order valence-corrected chi connectivity index (χ0v) is 19.5. The number of aryl methyl sites for hydroxylation is 1. The molecule has 0 saturated carbocycles. The summed E-state index contributed by atoms with van der Waals surface area (Å²) in [5.41, 5.74) is 8.31. The predicted molar refractivity (Wildman–Crippen MR) is 128 cm³/mol. The van der Waals surface area contributed by atoms with Crippen molar-refractivity contribution in [1.82, 2.24) is 14.9 Å². The van der Waals surface area contributed by atoms with E-state index >= 15 is 0 Å². The van der Waals surface area contributed by atoms with Gasteiger partial charge in [0.1, 0.15) is 11.6 Å². The van der Waals surface area contributed by atoms with E-state index in [0.717, 1.165) is 67.1 Å². The highest BCUT2D eigenvalue weighted by Gasteiger charge is 2.31. The molecule has 3 aromatic rings. The molecule has 0 radical (unpaired) electrons. The molecule has 1 aliphatic rings. The Balaban J connectivity index is 1.68. The highest BCUT2D eigenvalue weighted by molar-refractivity contribution is 5.93. The van der Waals surface area contributed by atoms with E-state index in [9.17, 15) is 13.2 Å². The van der Waals surface area contributed by atoms with Crippen LogP contribution in [0.4, 0.5) is 30.4 Å². The topological polar surface area (TPSA) is 88.3 Å². The Morgan fingerprint density at radius 2 is 1.85 bits per heavy atom. The fourth-order valence-electron chi connectivity index (χ4n) is 4.19. The summed E-state index contributed by atoms with van der Waals surface area (Å²) in [4.78, 5) is 11.5. The minimum Gasteiger partial charge on any atom is -0.399 e. The third-order valence-electron chi connectivity index (χ3n) is 5.96. The van der Waals surface area contributed by atoms with Gasteiger partial charge in [-0.05, 0) is 55.3 Å². The van der Waals surface area contributed by atoms with E-state index in [2.05, 4.69) is 25.5 Å². The number of aromatic nitrogens is 2. The Hall–Kier alpha value is -3.11. The molecule has 34 heavy (non-hydrogen) atoms. The number of nitrogen functional groups attached to an aromatic ring is 1. The minimum absolute atomic E-state index is 0.0624. The van der Waals surface area contributed by atoms with Crippen LogP contribution in [0.15, 0.2) is 30.3 Å². The van der Waals surface area contributed by atoms with Crippen LogP contribution in [0.25, 0.3) is 10.9 Å². The second kappa shape index (κ2) is 9.63. The standard InChI is InChI=1S/C24H29F3N6O/c1-14(16-8-18(24(25,26)27)11-19(28)9-16)30-23-20-12-21(29-3)17(10-22(20)31-15(2)32-23)13-33-4-6-34-7-5-33/h8-12,14,29H,4-7,13,28H2,1-3H3,(H,30,31,32)/t14-/m1/s1. The maximum absolute atomic E-state index is 13.3. The van der Waals surface area contributed by atoms with Crippen molar-refractivity contribution in [2.75, 3.05) is 49.7 Å². The van der Waals surface area contributed by atoms with E-state index in [0.29, 0.717) is 17.2 Å². The number of hydrogen-bond acceptors (Lipinski definition) is 7. The van der Waals surface area contributed by atoms with Gasteiger partial charge in [-0.3, -0.25) is 4.90 Å². The molecule has 1 aromatic heterocycles. The Bertz CT molecular complexity index is 1180. The van der Waals surface area contributed by atoms with Crippen molar-refractivity contribution in [2.45, 2.75) is 32.6 Å². The van der Waals surface area contributed by atoms with Crippen molar-refractivity contribution in [3.63, 3.8) is 0 Å². The highest BCUT2D eigenvalue weighted by Crippen LogP contribution is 2.34. The van der Waals surface area contributed by atoms with Crippen LogP contribution in [0.5, 0.6) is 0 Å². The van der Waals surface area contributed by atoms with E-state index in [1.807, 2.05) is 19.2 Å². The van der Waals surface area contributed by atoms with E-state index < -0.39 is 17.8 Å². The van der Waals surface area contributed by atoms with E-state index in [4.69, 9.17) is 10.5 Å². The quantitative estimate of drug-likeness (QED) is 0.451. The molecule has 1 saturated heterocycles. The first-order valence-electron chi connectivity index (χ1n) is 11.2. The summed E-state index contributed by atoms with van der Waals surface area (Å²) >= 11 is 0. The summed E-state index contributed by atoms with van der Waals surface area (Å²) in [6.45, 7) is 7.52. The number of rotatable bonds is 6. The fraction of sp³-hybridized carbons (Fsp3) is 0.417. The fourth-order valence-corrected chi connectivity index (χ4v) is 4.19. The molecule has 2 aromatic carbocycles. The molecule has 4 N–H and O–H groups in total. The SMILES string of the molecule is CNc1cc2c(N[C@H](C)c3cc(N)cc(C(F)(F)F)c3)nc(C)nc2cc1CN1CCOCC1. The van der Waals surface area contributed by atoms with Crippen molar-refractivity contribution in [1.29, 1.82) is 0 Å². The average molecular weight is 475 g/mol. The van der Waals surface area contributed by atoms with Gasteiger partial charge in [0.2, 0.25) is 0 Å². The first kappa shape index (κ1) is 24.0. The molecule has 0 aliphatic carbocycles. The summed E-state index contributed by atoms with van der Waals surface area (Å²) in [5.74, 6) is 1.13. The maximum Gasteiger partial charge on any atom is 0.416 e.